The van der Waals surface area contributed by atoms with E-state index in [0.29, 0.717) is 10.4 Å². The van der Waals surface area contributed by atoms with Gasteiger partial charge in [0.25, 0.3) is 11.7 Å². The minimum Gasteiger partial charge on any atom is -0.363 e. The van der Waals surface area contributed by atoms with Gasteiger partial charge in [0.15, 0.2) is 4.47 Å². The van der Waals surface area contributed by atoms with Crippen LogP contribution in [0.2, 0.25) is 4.47 Å². The van der Waals surface area contributed by atoms with Crippen molar-refractivity contribution >= 4 is 28.8 Å². The Hall–Kier alpha value is -1.51. The first-order chi connectivity index (χ1) is 9.63. The summed E-state index contributed by atoms with van der Waals surface area (Å²) in [6.07, 6.45) is 3.71. The smallest absolute Gasteiger partial charge is 0.290 e. The SMILES string of the molecule is NC(=O)c1noc(C2CCCN2Cc2cnc(Cl)s2)n1. The zero-order valence-electron chi connectivity index (χ0n) is 10.5. The van der Waals surface area contributed by atoms with Crippen LogP contribution in [-0.4, -0.2) is 32.5 Å². The molecule has 1 atom stereocenters. The first kappa shape index (κ1) is 13.5. The van der Waals surface area contributed by atoms with Gasteiger partial charge in [0.05, 0.1) is 6.04 Å². The number of thiazole rings is 1. The van der Waals surface area contributed by atoms with E-state index < -0.39 is 5.91 Å². The second kappa shape index (κ2) is 5.47. The van der Waals surface area contributed by atoms with Crippen molar-refractivity contribution in [2.24, 2.45) is 5.73 Å². The maximum Gasteiger partial charge on any atom is 0.290 e. The Kier molecular flexibility index (Phi) is 3.68. The fourth-order valence-corrected chi connectivity index (χ4v) is 3.33. The number of rotatable bonds is 4. The van der Waals surface area contributed by atoms with Gasteiger partial charge >= 0.3 is 0 Å². The first-order valence-corrected chi connectivity index (χ1v) is 7.30. The average Bonchev–Trinajstić information content (AvgIpc) is 3.10. The molecular formula is C11H12ClN5O2S. The summed E-state index contributed by atoms with van der Waals surface area (Å²) in [6.45, 7) is 1.65. The highest BCUT2D eigenvalue weighted by molar-refractivity contribution is 7.15. The van der Waals surface area contributed by atoms with E-state index in [-0.39, 0.29) is 11.9 Å². The van der Waals surface area contributed by atoms with Crippen molar-refractivity contribution in [1.82, 2.24) is 20.0 Å². The molecule has 1 unspecified atom stereocenters. The molecule has 2 aromatic rings. The molecule has 1 amide bonds. The van der Waals surface area contributed by atoms with Crippen molar-refractivity contribution in [2.75, 3.05) is 6.54 Å². The number of amides is 1. The Morgan fingerprint density at radius 1 is 1.65 bits per heavy atom. The van der Waals surface area contributed by atoms with Gasteiger partial charge in [-0.15, -0.1) is 11.3 Å². The van der Waals surface area contributed by atoms with Gasteiger partial charge in [-0.05, 0) is 19.4 Å². The number of aromatic nitrogens is 3. The Bertz CT molecular complexity index is 628. The first-order valence-electron chi connectivity index (χ1n) is 6.11. The molecule has 9 heteroatoms. The average molecular weight is 314 g/mol. The molecule has 1 fully saturated rings. The van der Waals surface area contributed by atoms with Crippen LogP contribution in [0.4, 0.5) is 0 Å². The van der Waals surface area contributed by atoms with E-state index in [1.54, 1.807) is 6.20 Å². The minimum atomic E-state index is -0.682. The molecule has 106 valence electrons. The van der Waals surface area contributed by atoms with E-state index in [4.69, 9.17) is 21.9 Å². The number of halogens is 1. The molecule has 0 radical (unpaired) electrons. The monoisotopic (exact) mass is 313 g/mol. The lowest BCUT2D eigenvalue weighted by atomic mass is 10.2. The zero-order chi connectivity index (χ0) is 14.1. The Morgan fingerprint density at radius 2 is 2.50 bits per heavy atom. The summed E-state index contributed by atoms with van der Waals surface area (Å²) in [6, 6.07) is 0.0106. The number of carbonyl (C=O) groups is 1. The Labute approximate surface area is 123 Å². The molecule has 0 spiro atoms. The second-order valence-corrected chi connectivity index (χ2v) is 6.23. The predicted octanol–water partition coefficient (Wildman–Crippen LogP) is 1.62. The molecule has 1 saturated heterocycles. The normalized spacial score (nSPS) is 19.6. The van der Waals surface area contributed by atoms with Crippen molar-refractivity contribution in [3.05, 3.63) is 27.3 Å². The quantitative estimate of drug-likeness (QED) is 0.921. The summed E-state index contributed by atoms with van der Waals surface area (Å²) in [5.41, 5.74) is 5.13. The van der Waals surface area contributed by atoms with Crippen molar-refractivity contribution < 1.29 is 9.32 Å². The van der Waals surface area contributed by atoms with Gasteiger partial charge in [-0.1, -0.05) is 16.8 Å². The van der Waals surface area contributed by atoms with Gasteiger partial charge in [0.2, 0.25) is 5.89 Å². The molecule has 0 aliphatic carbocycles. The topological polar surface area (TPSA) is 98.1 Å². The molecule has 3 rings (SSSR count). The maximum atomic E-state index is 11.0. The Morgan fingerprint density at radius 3 is 3.15 bits per heavy atom. The molecule has 0 aromatic carbocycles. The third kappa shape index (κ3) is 2.67. The lowest BCUT2D eigenvalue weighted by molar-refractivity contribution is 0.0987. The highest BCUT2D eigenvalue weighted by Gasteiger charge is 2.31. The molecule has 3 heterocycles. The summed E-state index contributed by atoms with van der Waals surface area (Å²) < 4.78 is 5.67. The van der Waals surface area contributed by atoms with E-state index >= 15 is 0 Å². The van der Waals surface area contributed by atoms with Gasteiger partial charge < -0.3 is 10.3 Å². The summed E-state index contributed by atoms with van der Waals surface area (Å²) >= 11 is 7.29. The summed E-state index contributed by atoms with van der Waals surface area (Å²) in [5, 5.41) is 3.59. The van der Waals surface area contributed by atoms with Crippen LogP contribution in [-0.2, 0) is 6.54 Å². The summed E-state index contributed by atoms with van der Waals surface area (Å²) in [4.78, 5) is 22.4. The molecule has 0 saturated carbocycles. The number of nitrogens with zero attached hydrogens (tertiary/aromatic N) is 4. The van der Waals surface area contributed by atoms with Crippen molar-refractivity contribution in [2.45, 2.75) is 25.4 Å². The fraction of sp³-hybridized carbons (Fsp3) is 0.455. The van der Waals surface area contributed by atoms with Crippen LogP contribution in [0.15, 0.2) is 10.7 Å². The number of nitrogens with two attached hydrogens (primary N) is 1. The van der Waals surface area contributed by atoms with Gasteiger partial charge in [-0.3, -0.25) is 9.69 Å². The number of hydrogen-bond acceptors (Lipinski definition) is 7. The molecule has 2 N–H and O–H groups in total. The molecule has 2 aromatic heterocycles. The lowest BCUT2D eigenvalue weighted by Gasteiger charge is -2.20. The maximum absolute atomic E-state index is 11.0. The second-order valence-electron chi connectivity index (χ2n) is 4.53. The number of likely N-dealkylation sites (tertiary alicyclic amines) is 1. The Balaban J connectivity index is 1.76. The van der Waals surface area contributed by atoms with Crippen molar-refractivity contribution in [1.29, 1.82) is 0 Å². The molecular weight excluding hydrogens is 302 g/mol. The molecule has 0 bridgehead atoms. The highest BCUT2D eigenvalue weighted by atomic mass is 35.5. The van der Waals surface area contributed by atoms with Crippen LogP contribution in [0.25, 0.3) is 0 Å². The number of hydrogen-bond donors (Lipinski definition) is 1. The van der Waals surface area contributed by atoms with Crippen LogP contribution >= 0.6 is 22.9 Å². The highest BCUT2D eigenvalue weighted by Crippen LogP contribution is 2.33. The van der Waals surface area contributed by atoms with E-state index in [1.807, 2.05) is 0 Å². The van der Waals surface area contributed by atoms with E-state index in [9.17, 15) is 4.79 Å². The van der Waals surface area contributed by atoms with E-state index in [0.717, 1.165) is 30.8 Å². The van der Waals surface area contributed by atoms with Crippen LogP contribution in [0.1, 0.15) is 40.3 Å². The molecule has 20 heavy (non-hydrogen) atoms. The molecule has 1 aliphatic heterocycles. The van der Waals surface area contributed by atoms with E-state index in [2.05, 4.69) is 20.0 Å². The summed E-state index contributed by atoms with van der Waals surface area (Å²) in [5.74, 6) is -0.321. The van der Waals surface area contributed by atoms with Crippen LogP contribution in [0.5, 0.6) is 0 Å². The van der Waals surface area contributed by atoms with E-state index in [1.165, 1.54) is 11.3 Å². The predicted molar refractivity (Wildman–Crippen MR) is 72.3 cm³/mol. The molecule has 7 nitrogen and oxygen atoms in total. The van der Waals surface area contributed by atoms with Crippen molar-refractivity contribution in [3.63, 3.8) is 0 Å². The van der Waals surface area contributed by atoms with Crippen LogP contribution in [0, 0.1) is 0 Å². The zero-order valence-corrected chi connectivity index (χ0v) is 12.0. The standard InChI is InChI=1S/C11H12ClN5O2S/c12-11-14-4-6(20-11)5-17-3-1-2-7(17)10-15-9(8(13)18)16-19-10/h4,7H,1-3,5H2,(H2,13,18). The largest absolute Gasteiger partial charge is 0.363 e. The van der Waals surface area contributed by atoms with Gasteiger partial charge in [0, 0.05) is 17.6 Å². The van der Waals surface area contributed by atoms with Crippen molar-refractivity contribution in [3.8, 4) is 0 Å². The van der Waals surface area contributed by atoms with Crippen LogP contribution in [0.3, 0.4) is 0 Å². The third-order valence-corrected chi connectivity index (χ3v) is 4.29. The van der Waals surface area contributed by atoms with Gasteiger partial charge in [-0.25, -0.2) is 4.98 Å². The number of carbonyl (C=O) groups excluding carboxylic acids is 1. The number of primary amides is 1. The van der Waals surface area contributed by atoms with Gasteiger partial charge in [-0.2, -0.15) is 4.98 Å². The summed E-state index contributed by atoms with van der Waals surface area (Å²) in [7, 11) is 0. The van der Waals surface area contributed by atoms with Crippen LogP contribution < -0.4 is 5.73 Å². The lowest BCUT2D eigenvalue weighted by Crippen LogP contribution is -2.22. The fourth-order valence-electron chi connectivity index (χ4n) is 2.32. The third-order valence-electron chi connectivity index (χ3n) is 3.20. The minimum absolute atomic E-state index is 0.0106. The molecule has 1 aliphatic rings. The van der Waals surface area contributed by atoms with Gasteiger partial charge in [0.1, 0.15) is 0 Å².